The molecule has 2 saturated heterocycles. The smallest absolute Gasteiger partial charge is 0.260 e. The Morgan fingerprint density at radius 2 is 2.10 bits per heavy atom. The third kappa shape index (κ3) is 4.38. The lowest BCUT2D eigenvalue weighted by Gasteiger charge is -2.43. The molecule has 3 aliphatic heterocycles. The predicted molar refractivity (Wildman–Crippen MR) is 104 cm³/mol. The second-order valence-electron chi connectivity index (χ2n) is 8.71. The fraction of sp³-hybridized carbons (Fsp3) is 0.714. The molecule has 4 rings (SSSR count). The first-order valence-electron chi connectivity index (χ1n) is 10.5. The summed E-state index contributed by atoms with van der Waals surface area (Å²) in [6.45, 7) is 2.87. The van der Waals surface area contributed by atoms with E-state index in [1.54, 1.807) is 18.1 Å². The summed E-state index contributed by atoms with van der Waals surface area (Å²) in [4.78, 5) is 29.1. The van der Waals surface area contributed by atoms with E-state index in [1.165, 1.54) is 0 Å². The third-order valence-corrected chi connectivity index (χ3v) is 6.42. The Morgan fingerprint density at radius 3 is 2.86 bits per heavy atom. The van der Waals surface area contributed by atoms with E-state index >= 15 is 0 Å². The Labute approximate surface area is 169 Å². The number of aromatic nitrogens is 1. The molecule has 29 heavy (non-hydrogen) atoms. The van der Waals surface area contributed by atoms with Crippen molar-refractivity contribution in [2.75, 3.05) is 39.9 Å². The van der Waals surface area contributed by atoms with Crippen LogP contribution in [0.25, 0.3) is 0 Å². The molecular formula is C21H29F2N3O3. The molecule has 0 saturated carbocycles. The Kier molecular flexibility index (Phi) is 5.75. The number of carbonyl (C=O) groups is 1. The number of piperidine rings is 2. The molecule has 0 aliphatic carbocycles. The van der Waals surface area contributed by atoms with Crippen LogP contribution in [0.2, 0.25) is 0 Å². The minimum absolute atomic E-state index is 0.0646. The van der Waals surface area contributed by atoms with E-state index in [1.807, 2.05) is 15.5 Å². The highest BCUT2D eigenvalue weighted by Gasteiger charge is 2.38. The van der Waals surface area contributed by atoms with Crippen molar-refractivity contribution in [2.45, 2.75) is 50.6 Å². The number of methoxy groups -OCH3 is 1. The summed E-state index contributed by atoms with van der Waals surface area (Å²) >= 11 is 0. The van der Waals surface area contributed by atoms with Crippen LogP contribution in [0.3, 0.4) is 0 Å². The molecule has 160 valence electrons. The summed E-state index contributed by atoms with van der Waals surface area (Å²) in [6.07, 6.45) is 1.74. The molecule has 0 spiro atoms. The molecule has 6 nitrogen and oxygen atoms in total. The molecule has 0 N–H and O–H groups in total. The van der Waals surface area contributed by atoms with Crippen LogP contribution in [0, 0.1) is 5.92 Å². The fourth-order valence-corrected chi connectivity index (χ4v) is 5.08. The van der Waals surface area contributed by atoms with Crippen LogP contribution in [0.4, 0.5) is 8.78 Å². The van der Waals surface area contributed by atoms with E-state index < -0.39 is 5.92 Å². The van der Waals surface area contributed by atoms with Crippen molar-refractivity contribution < 1.29 is 18.3 Å². The number of hydrogen-bond donors (Lipinski definition) is 0. The summed E-state index contributed by atoms with van der Waals surface area (Å²) in [5.74, 6) is -2.17. The molecule has 1 aromatic heterocycles. The molecule has 1 aromatic rings. The highest BCUT2D eigenvalue weighted by Crippen LogP contribution is 2.35. The van der Waals surface area contributed by atoms with Crippen LogP contribution in [0.15, 0.2) is 16.9 Å². The van der Waals surface area contributed by atoms with E-state index in [0.717, 1.165) is 12.1 Å². The lowest BCUT2D eigenvalue weighted by Crippen LogP contribution is -2.50. The van der Waals surface area contributed by atoms with Crippen LogP contribution in [-0.4, -0.2) is 66.1 Å². The molecule has 4 heterocycles. The van der Waals surface area contributed by atoms with Crippen LogP contribution in [-0.2, 0) is 22.6 Å². The second kappa shape index (κ2) is 8.14. The minimum Gasteiger partial charge on any atom is -0.384 e. The van der Waals surface area contributed by atoms with Gasteiger partial charge in [-0.2, -0.15) is 0 Å². The first-order chi connectivity index (χ1) is 13.9. The van der Waals surface area contributed by atoms with Gasteiger partial charge in [0.2, 0.25) is 5.91 Å². The van der Waals surface area contributed by atoms with E-state index in [4.69, 9.17) is 4.74 Å². The van der Waals surface area contributed by atoms with Gasteiger partial charge in [0.25, 0.3) is 11.5 Å². The number of nitrogens with zero attached hydrogens (tertiary/aromatic N) is 3. The van der Waals surface area contributed by atoms with Gasteiger partial charge in [0.15, 0.2) is 0 Å². The van der Waals surface area contributed by atoms with Crippen LogP contribution < -0.4 is 5.56 Å². The molecule has 2 atom stereocenters. The first-order valence-corrected chi connectivity index (χ1v) is 10.5. The Morgan fingerprint density at radius 1 is 1.28 bits per heavy atom. The zero-order chi connectivity index (χ0) is 20.6. The lowest BCUT2D eigenvalue weighted by molar-refractivity contribution is -0.134. The number of amides is 1. The molecule has 1 amide bonds. The van der Waals surface area contributed by atoms with Gasteiger partial charge in [-0.05, 0) is 31.4 Å². The lowest BCUT2D eigenvalue weighted by atomic mass is 9.83. The van der Waals surface area contributed by atoms with Crippen LogP contribution in [0.5, 0.6) is 0 Å². The largest absolute Gasteiger partial charge is 0.384 e. The topological polar surface area (TPSA) is 54.8 Å². The molecule has 3 aliphatic rings. The van der Waals surface area contributed by atoms with E-state index in [9.17, 15) is 18.4 Å². The maximum Gasteiger partial charge on any atom is 0.260 e. The van der Waals surface area contributed by atoms with Gasteiger partial charge in [-0.25, -0.2) is 8.78 Å². The van der Waals surface area contributed by atoms with Crippen molar-refractivity contribution in [2.24, 2.45) is 5.92 Å². The van der Waals surface area contributed by atoms with Crippen molar-refractivity contribution in [1.29, 1.82) is 0 Å². The Balaban J connectivity index is 1.50. The monoisotopic (exact) mass is 409 g/mol. The summed E-state index contributed by atoms with van der Waals surface area (Å²) in [5.41, 5.74) is 1.48. The van der Waals surface area contributed by atoms with Gasteiger partial charge in [0.1, 0.15) is 0 Å². The average Bonchev–Trinajstić information content (AvgIpc) is 2.67. The maximum absolute atomic E-state index is 13.7. The molecule has 0 aromatic carbocycles. The van der Waals surface area contributed by atoms with Crippen molar-refractivity contribution in [3.05, 3.63) is 33.7 Å². The molecule has 2 fully saturated rings. The Bertz CT molecular complexity index is 826. The van der Waals surface area contributed by atoms with Gasteiger partial charge in [-0.1, -0.05) is 6.07 Å². The van der Waals surface area contributed by atoms with Crippen molar-refractivity contribution in [3.63, 3.8) is 0 Å². The molecular weight excluding hydrogens is 380 g/mol. The molecule has 2 bridgehead atoms. The van der Waals surface area contributed by atoms with Crippen molar-refractivity contribution >= 4 is 5.91 Å². The van der Waals surface area contributed by atoms with Gasteiger partial charge in [-0.3, -0.25) is 14.5 Å². The highest BCUT2D eigenvalue weighted by atomic mass is 19.3. The summed E-state index contributed by atoms with van der Waals surface area (Å²) in [7, 11) is 1.59. The number of hydrogen-bond acceptors (Lipinski definition) is 4. The van der Waals surface area contributed by atoms with Gasteiger partial charge >= 0.3 is 0 Å². The van der Waals surface area contributed by atoms with E-state index in [0.29, 0.717) is 51.2 Å². The molecule has 0 radical (unpaired) electrons. The SMILES string of the molecule is COCCC(=O)N1C[C@@H]2C[C@H](C1)c1ccc(CN3CCCC(F)(F)C3)c(=O)n1C2. The van der Waals surface area contributed by atoms with Crippen LogP contribution in [0.1, 0.15) is 42.9 Å². The normalized spacial score (nSPS) is 26.2. The summed E-state index contributed by atoms with van der Waals surface area (Å²) < 4.78 is 34.2. The quantitative estimate of drug-likeness (QED) is 0.747. The van der Waals surface area contributed by atoms with E-state index in [-0.39, 0.29) is 42.8 Å². The molecule has 8 heteroatoms. The zero-order valence-electron chi connectivity index (χ0n) is 16.9. The number of alkyl halides is 2. The second-order valence-corrected chi connectivity index (χ2v) is 8.71. The van der Waals surface area contributed by atoms with Crippen molar-refractivity contribution in [1.82, 2.24) is 14.4 Å². The average molecular weight is 409 g/mol. The van der Waals surface area contributed by atoms with Gasteiger partial charge in [-0.15, -0.1) is 0 Å². The predicted octanol–water partition coefficient (Wildman–Crippen LogP) is 2.06. The standard InChI is InChI=1S/C21H29F2N3O3/c1-29-8-5-19(27)25-10-15-9-17(13-25)18-4-3-16(20(28)26(18)11-15)12-24-7-2-6-21(22,23)14-24/h3-4,15,17H,2,5-14H2,1H3/t15-,17+/m0/s1. The first kappa shape index (κ1) is 20.5. The summed E-state index contributed by atoms with van der Waals surface area (Å²) in [5, 5.41) is 0. The number of carbonyl (C=O) groups excluding carboxylic acids is 1. The number of likely N-dealkylation sites (tertiary alicyclic amines) is 2. The number of ether oxygens (including phenoxy) is 1. The third-order valence-electron chi connectivity index (χ3n) is 6.42. The fourth-order valence-electron chi connectivity index (χ4n) is 5.08. The van der Waals surface area contributed by atoms with Gasteiger partial charge in [0, 0.05) is 56.9 Å². The zero-order valence-corrected chi connectivity index (χ0v) is 16.9. The number of rotatable bonds is 5. The molecule has 0 unspecified atom stereocenters. The number of fused-ring (bicyclic) bond motifs is 4. The Hall–Kier alpha value is -1.80. The maximum atomic E-state index is 13.7. The van der Waals surface area contributed by atoms with Crippen LogP contribution >= 0.6 is 0 Å². The van der Waals surface area contributed by atoms with Gasteiger partial charge < -0.3 is 14.2 Å². The summed E-state index contributed by atoms with van der Waals surface area (Å²) in [6, 6.07) is 3.76. The minimum atomic E-state index is -2.67. The highest BCUT2D eigenvalue weighted by molar-refractivity contribution is 5.76. The number of pyridine rings is 1. The van der Waals surface area contributed by atoms with E-state index in [2.05, 4.69) is 0 Å². The van der Waals surface area contributed by atoms with Crippen molar-refractivity contribution in [3.8, 4) is 0 Å². The number of halogens is 2. The van der Waals surface area contributed by atoms with Gasteiger partial charge in [0.05, 0.1) is 19.6 Å².